The van der Waals surface area contributed by atoms with Crippen LogP contribution in [0.3, 0.4) is 0 Å². The fourth-order valence-electron chi connectivity index (χ4n) is 0. The van der Waals surface area contributed by atoms with E-state index in [0.29, 0.717) is 0 Å². The standard InChI is InChI=1S/Fe.K.2H2O4S/c;;2*1-5(2,3)4/h;;2*(H2,1,2,3,4)/q+2;+1;;/p-3. The van der Waals surface area contributed by atoms with Crippen LogP contribution in [0.25, 0.3) is 0 Å². The molecule has 0 aliphatic carbocycles. The Morgan fingerprint density at radius 2 is 0.917 bits per heavy atom. The third-order valence-corrected chi connectivity index (χ3v) is 0. The summed E-state index contributed by atoms with van der Waals surface area (Å²) in [6, 6.07) is 0. The average Bonchev–Trinajstić information content (AvgIpc) is 1.12. The Hall–Kier alpha value is 1.90. The van der Waals surface area contributed by atoms with Gasteiger partial charge in [-0.1, -0.05) is 0 Å². The fourth-order valence-corrected chi connectivity index (χ4v) is 0. The monoisotopic (exact) mass is 288 g/mol. The smallest absolute Gasteiger partial charge is 0.759 e. The molecule has 0 unspecified atom stereocenters. The summed E-state index contributed by atoms with van der Waals surface area (Å²) in [5, 5.41) is 0. The zero-order valence-corrected chi connectivity index (χ0v) is 11.3. The van der Waals surface area contributed by atoms with Crippen LogP contribution in [0, 0.1) is 0 Å². The van der Waals surface area contributed by atoms with Gasteiger partial charge in [-0.2, -0.15) is 0 Å². The molecule has 0 aromatic carbocycles. The SMILES string of the molecule is O=S(=O)([O-])O.O=S(=O)([O-])[O-].[Fe+2].[K+]. The van der Waals surface area contributed by atoms with Crippen molar-refractivity contribution in [2.24, 2.45) is 0 Å². The predicted octanol–water partition coefficient (Wildman–Crippen LogP) is -5.33. The summed E-state index contributed by atoms with van der Waals surface area (Å²) in [5.74, 6) is 0. The molecule has 12 heteroatoms. The molecule has 0 fully saturated rings. The normalized spacial score (nSPS) is 9.67. The summed E-state index contributed by atoms with van der Waals surface area (Å²) >= 11 is 0. The van der Waals surface area contributed by atoms with Gasteiger partial charge in [0.2, 0.25) is 10.4 Å². The molecule has 0 bridgehead atoms. The fraction of sp³-hybridized carbons (Fsp3) is 0. The second-order valence-corrected chi connectivity index (χ2v) is 2.51. The first kappa shape index (κ1) is 23.6. The Balaban J connectivity index is -0.0000000457. The molecule has 0 aromatic rings. The Bertz CT molecular complexity index is 213. The van der Waals surface area contributed by atoms with Crippen molar-refractivity contribution in [3.8, 4) is 0 Å². The number of rotatable bonds is 0. The predicted molar refractivity (Wildman–Crippen MR) is 22.8 cm³/mol. The Morgan fingerprint density at radius 1 is 0.917 bits per heavy atom. The van der Waals surface area contributed by atoms with E-state index in [2.05, 4.69) is 0 Å². The molecule has 0 aliphatic heterocycles. The summed E-state index contributed by atoms with van der Waals surface area (Å²) < 4.78 is 66.9. The molecule has 0 saturated carbocycles. The van der Waals surface area contributed by atoms with Gasteiger partial charge < -0.3 is 13.7 Å². The van der Waals surface area contributed by atoms with E-state index in [-0.39, 0.29) is 68.5 Å². The molecule has 12 heavy (non-hydrogen) atoms. The first-order chi connectivity index (χ1) is 4.00. The second kappa shape index (κ2) is 9.45. The van der Waals surface area contributed by atoms with Crippen LogP contribution in [0.5, 0.6) is 0 Å². The van der Waals surface area contributed by atoms with Gasteiger partial charge in [-0.05, 0) is 0 Å². The van der Waals surface area contributed by atoms with Crippen LogP contribution in [-0.4, -0.2) is 35.0 Å². The Morgan fingerprint density at radius 3 is 0.917 bits per heavy atom. The Labute approximate surface area is 122 Å². The molecular weight excluding hydrogens is 287 g/mol. The molecule has 0 heterocycles. The van der Waals surface area contributed by atoms with E-state index >= 15 is 0 Å². The molecule has 0 rings (SSSR count). The summed E-state index contributed by atoms with van der Waals surface area (Å²) in [6.07, 6.45) is 0. The van der Waals surface area contributed by atoms with Gasteiger partial charge in [0, 0.05) is 10.4 Å². The molecule has 0 spiro atoms. The van der Waals surface area contributed by atoms with Gasteiger partial charge >= 0.3 is 68.5 Å². The third kappa shape index (κ3) is 393. The van der Waals surface area contributed by atoms with Gasteiger partial charge in [-0.3, -0.25) is 13.0 Å². The molecule has 0 atom stereocenters. The minimum atomic E-state index is -5.17. The van der Waals surface area contributed by atoms with E-state index in [9.17, 15) is 0 Å². The van der Waals surface area contributed by atoms with Crippen LogP contribution in [-0.2, 0) is 37.9 Å². The largest absolute Gasteiger partial charge is 2.00 e. The number of hydrogen-bond acceptors (Lipinski definition) is 7. The quantitative estimate of drug-likeness (QED) is 0.263. The van der Waals surface area contributed by atoms with Crippen LogP contribution in [0.4, 0.5) is 0 Å². The summed E-state index contributed by atoms with van der Waals surface area (Å²) in [7, 11) is -10.1. The molecule has 0 amide bonds. The minimum Gasteiger partial charge on any atom is -0.759 e. The minimum absolute atomic E-state index is 0. The molecule has 8 nitrogen and oxygen atoms in total. The molecule has 0 saturated heterocycles. The summed E-state index contributed by atoms with van der Waals surface area (Å²) in [4.78, 5) is 0. The third-order valence-electron chi connectivity index (χ3n) is 0. The van der Waals surface area contributed by atoms with Crippen molar-refractivity contribution in [2.45, 2.75) is 0 Å². The van der Waals surface area contributed by atoms with E-state index in [1.807, 2.05) is 0 Å². The zero-order chi connectivity index (χ0) is 9.00. The molecule has 0 aromatic heterocycles. The van der Waals surface area contributed by atoms with Gasteiger partial charge in [-0.15, -0.1) is 0 Å². The number of hydrogen-bond donors (Lipinski definition) is 1. The van der Waals surface area contributed by atoms with Crippen molar-refractivity contribution < 1.29 is 103 Å². The van der Waals surface area contributed by atoms with E-state index < -0.39 is 20.8 Å². The van der Waals surface area contributed by atoms with Crippen molar-refractivity contribution in [1.82, 2.24) is 0 Å². The topological polar surface area (TPSA) is 158 Å². The van der Waals surface area contributed by atoms with Crippen LogP contribution in [0.1, 0.15) is 0 Å². The van der Waals surface area contributed by atoms with E-state index in [1.54, 1.807) is 0 Å². The van der Waals surface area contributed by atoms with Gasteiger partial charge in [0.25, 0.3) is 0 Å². The summed E-state index contributed by atoms with van der Waals surface area (Å²) in [6.45, 7) is 0. The molecule has 1 N–H and O–H groups in total. The first-order valence-corrected chi connectivity index (χ1v) is 4.05. The van der Waals surface area contributed by atoms with Crippen LogP contribution in [0.2, 0.25) is 0 Å². The van der Waals surface area contributed by atoms with Crippen LogP contribution in [0.15, 0.2) is 0 Å². The van der Waals surface area contributed by atoms with Gasteiger partial charge in [0.1, 0.15) is 0 Å². The summed E-state index contributed by atoms with van der Waals surface area (Å²) in [5.41, 5.74) is 0. The van der Waals surface area contributed by atoms with Crippen molar-refractivity contribution in [3.05, 3.63) is 0 Å². The van der Waals surface area contributed by atoms with Gasteiger partial charge in [0.05, 0.1) is 0 Å². The molecule has 70 valence electrons. The average molecular weight is 288 g/mol. The Kier molecular flexibility index (Phi) is 18.6. The van der Waals surface area contributed by atoms with Crippen LogP contribution < -0.4 is 51.4 Å². The molecule has 0 radical (unpaired) electrons. The van der Waals surface area contributed by atoms with Crippen molar-refractivity contribution in [3.63, 3.8) is 0 Å². The van der Waals surface area contributed by atoms with E-state index in [4.69, 9.17) is 35.0 Å². The van der Waals surface area contributed by atoms with E-state index in [1.165, 1.54) is 0 Å². The second-order valence-electron chi connectivity index (χ2n) is 0.836. The maximum absolute atomic E-state index is 8.63. The van der Waals surface area contributed by atoms with Crippen LogP contribution >= 0.6 is 0 Å². The van der Waals surface area contributed by atoms with Crippen molar-refractivity contribution in [2.75, 3.05) is 0 Å². The first-order valence-electron chi connectivity index (χ1n) is 1.35. The van der Waals surface area contributed by atoms with Crippen molar-refractivity contribution >= 4 is 20.8 Å². The zero-order valence-electron chi connectivity index (χ0n) is 5.48. The van der Waals surface area contributed by atoms with Gasteiger partial charge in [0.15, 0.2) is 0 Å². The maximum atomic E-state index is 8.63. The molecule has 0 aliphatic rings. The van der Waals surface area contributed by atoms with E-state index in [0.717, 1.165) is 0 Å². The van der Waals surface area contributed by atoms with Gasteiger partial charge in [-0.25, -0.2) is 8.42 Å². The molecular formula is HFeKO8S2. The van der Waals surface area contributed by atoms with Crippen molar-refractivity contribution in [1.29, 1.82) is 0 Å². The maximum Gasteiger partial charge on any atom is 2.00 e.